The Balaban J connectivity index is 2.42. The summed E-state index contributed by atoms with van der Waals surface area (Å²) in [6, 6.07) is 4.75. The number of nitrogens with one attached hydrogen (secondary N) is 3. The van der Waals surface area contributed by atoms with E-state index in [9.17, 15) is 9.59 Å². The van der Waals surface area contributed by atoms with Crippen molar-refractivity contribution in [1.82, 2.24) is 10.6 Å². The van der Waals surface area contributed by atoms with Gasteiger partial charge in [-0.05, 0) is 18.2 Å². The van der Waals surface area contributed by atoms with E-state index in [4.69, 9.17) is 23.2 Å². The summed E-state index contributed by atoms with van der Waals surface area (Å²) in [5.74, 6) is -0.467. The van der Waals surface area contributed by atoms with Gasteiger partial charge < -0.3 is 10.6 Å². The molecule has 1 aromatic rings. The molecule has 0 radical (unpaired) electrons. The first-order valence-corrected chi connectivity index (χ1v) is 5.94. The quantitative estimate of drug-likeness (QED) is 0.765. The molecule has 1 rings (SSSR count). The number of rotatable bonds is 5. The van der Waals surface area contributed by atoms with Gasteiger partial charge in [0.25, 0.3) is 0 Å². The van der Waals surface area contributed by atoms with Crippen LogP contribution in [0.4, 0.5) is 5.69 Å². The van der Waals surface area contributed by atoms with E-state index in [2.05, 4.69) is 16.0 Å². The third-order valence-electron chi connectivity index (χ3n) is 2.00. The number of benzene rings is 1. The molecule has 1 aromatic carbocycles. The summed E-state index contributed by atoms with van der Waals surface area (Å²) in [5.41, 5.74) is 0.513. The SMILES string of the molecule is CNC(=O)CNCC(=O)Nc1cc(Cl)cc(Cl)c1. The van der Waals surface area contributed by atoms with Gasteiger partial charge in [0.1, 0.15) is 0 Å². The second-order valence-corrected chi connectivity index (χ2v) is 4.36. The molecule has 2 amide bonds. The highest BCUT2D eigenvalue weighted by Crippen LogP contribution is 2.22. The standard InChI is InChI=1S/C11H13Cl2N3O2/c1-14-10(17)5-15-6-11(18)16-9-3-7(12)2-8(13)4-9/h2-4,15H,5-6H2,1H3,(H,14,17)(H,16,18). The van der Waals surface area contributed by atoms with Gasteiger partial charge in [0.15, 0.2) is 0 Å². The molecule has 0 spiro atoms. The molecular weight excluding hydrogens is 277 g/mol. The van der Waals surface area contributed by atoms with Crippen LogP contribution in [-0.2, 0) is 9.59 Å². The van der Waals surface area contributed by atoms with E-state index in [0.29, 0.717) is 15.7 Å². The molecule has 0 aromatic heterocycles. The third-order valence-corrected chi connectivity index (χ3v) is 2.43. The van der Waals surface area contributed by atoms with Crippen molar-refractivity contribution in [3.8, 4) is 0 Å². The fraction of sp³-hybridized carbons (Fsp3) is 0.273. The van der Waals surface area contributed by atoms with Crippen LogP contribution in [0.5, 0.6) is 0 Å². The monoisotopic (exact) mass is 289 g/mol. The summed E-state index contributed by atoms with van der Waals surface area (Å²) in [6.07, 6.45) is 0. The largest absolute Gasteiger partial charge is 0.358 e. The molecule has 7 heteroatoms. The molecule has 0 bridgehead atoms. The number of carbonyl (C=O) groups is 2. The molecule has 5 nitrogen and oxygen atoms in total. The second-order valence-electron chi connectivity index (χ2n) is 3.48. The maximum Gasteiger partial charge on any atom is 0.238 e. The van der Waals surface area contributed by atoms with E-state index >= 15 is 0 Å². The minimum absolute atomic E-state index is 0.0253. The average molecular weight is 290 g/mol. The average Bonchev–Trinajstić information content (AvgIpc) is 2.27. The number of likely N-dealkylation sites (N-methyl/N-ethyl adjacent to an activating group) is 1. The molecule has 3 N–H and O–H groups in total. The van der Waals surface area contributed by atoms with Crippen LogP contribution in [0.1, 0.15) is 0 Å². The summed E-state index contributed by atoms with van der Waals surface area (Å²) in [4.78, 5) is 22.4. The molecule has 0 heterocycles. The number of amides is 2. The molecule has 0 saturated heterocycles. The van der Waals surface area contributed by atoms with Gasteiger partial charge >= 0.3 is 0 Å². The number of hydrogen-bond acceptors (Lipinski definition) is 3. The highest BCUT2D eigenvalue weighted by Gasteiger charge is 2.05. The fourth-order valence-electron chi connectivity index (χ4n) is 1.21. The van der Waals surface area contributed by atoms with Gasteiger partial charge in [0.2, 0.25) is 11.8 Å². The van der Waals surface area contributed by atoms with Gasteiger partial charge in [0, 0.05) is 22.8 Å². The third kappa shape index (κ3) is 5.35. The molecule has 0 aliphatic heterocycles. The Morgan fingerprint density at radius 2 is 1.61 bits per heavy atom. The minimum atomic E-state index is -0.280. The van der Waals surface area contributed by atoms with Crippen LogP contribution >= 0.6 is 23.2 Å². The van der Waals surface area contributed by atoms with Crippen molar-refractivity contribution >= 4 is 40.7 Å². The van der Waals surface area contributed by atoms with Crippen molar-refractivity contribution in [2.45, 2.75) is 0 Å². The number of hydrogen-bond donors (Lipinski definition) is 3. The summed E-state index contributed by atoms with van der Waals surface area (Å²) in [5, 5.41) is 8.63. The van der Waals surface area contributed by atoms with Crippen molar-refractivity contribution < 1.29 is 9.59 Å². The predicted octanol–water partition coefficient (Wildman–Crippen LogP) is 1.27. The fourth-order valence-corrected chi connectivity index (χ4v) is 1.74. The first kappa shape index (κ1) is 14.8. The molecule has 0 aliphatic carbocycles. The van der Waals surface area contributed by atoms with Crippen LogP contribution in [0, 0.1) is 0 Å². The summed E-state index contributed by atoms with van der Waals surface area (Å²) in [6.45, 7) is 0.109. The molecule has 0 saturated carbocycles. The summed E-state index contributed by atoms with van der Waals surface area (Å²) >= 11 is 11.6. The Morgan fingerprint density at radius 1 is 1.06 bits per heavy atom. The molecule has 0 fully saturated rings. The van der Waals surface area contributed by atoms with E-state index in [1.54, 1.807) is 18.2 Å². The van der Waals surface area contributed by atoms with E-state index in [-0.39, 0.29) is 24.9 Å². The van der Waals surface area contributed by atoms with Crippen molar-refractivity contribution in [2.24, 2.45) is 0 Å². The van der Waals surface area contributed by atoms with Gasteiger partial charge in [0.05, 0.1) is 13.1 Å². The van der Waals surface area contributed by atoms with Gasteiger partial charge in [-0.1, -0.05) is 23.2 Å². The van der Waals surface area contributed by atoms with E-state index < -0.39 is 0 Å². The van der Waals surface area contributed by atoms with Crippen LogP contribution in [0.2, 0.25) is 10.0 Å². The Labute approximate surface area is 115 Å². The maximum atomic E-state index is 11.5. The normalized spacial score (nSPS) is 9.94. The lowest BCUT2D eigenvalue weighted by Gasteiger charge is -2.07. The maximum absolute atomic E-state index is 11.5. The van der Waals surface area contributed by atoms with Crippen molar-refractivity contribution in [3.05, 3.63) is 28.2 Å². The van der Waals surface area contributed by atoms with Crippen molar-refractivity contribution in [3.63, 3.8) is 0 Å². The highest BCUT2D eigenvalue weighted by molar-refractivity contribution is 6.35. The van der Waals surface area contributed by atoms with E-state index in [1.165, 1.54) is 7.05 Å². The molecule has 0 aliphatic rings. The van der Waals surface area contributed by atoms with Crippen LogP contribution < -0.4 is 16.0 Å². The minimum Gasteiger partial charge on any atom is -0.358 e. The molecule has 0 atom stereocenters. The molecule has 0 unspecified atom stereocenters. The van der Waals surface area contributed by atoms with Crippen LogP contribution in [0.15, 0.2) is 18.2 Å². The van der Waals surface area contributed by atoms with Gasteiger partial charge in [-0.2, -0.15) is 0 Å². The Kier molecular flexibility index (Phi) is 5.91. The Hall–Kier alpha value is -1.30. The first-order valence-electron chi connectivity index (χ1n) is 5.18. The predicted molar refractivity (Wildman–Crippen MR) is 72.0 cm³/mol. The smallest absolute Gasteiger partial charge is 0.238 e. The zero-order valence-electron chi connectivity index (χ0n) is 9.72. The topological polar surface area (TPSA) is 70.2 Å². The van der Waals surface area contributed by atoms with Gasteiger partial charge in [-0.3, -0.25) is 14.9 Å². The summed E-state index contributed by atoms with van der Waals surface area (Å²) in [7, 11) is 1.53. The van der Waals surface area contributed by atoms with Crippen LogP contribution in [-0.4, -0.2) is 32.0 Å². The number of halogens is 2. The first-order chi connectivity index (χ1) is 8.51. The van der Waals surface area contributed by atoms with Crippen LogP contribution in [0.25, 0.3) is 0 Å². The van der Waals surface area contributed by atoms with Gasteiger partial charge in [-0.15, -0.1) is 0 Å². The van der Waals surface area contributed by atoms with Crippen molar-refractivity contribution in [2.75, 3.05) is 25.5 Å². The molecule has 18 heavy (non-hydrogen) atoms. The lowest BCUT2D eigenvalue weighted by molar-refractivity contribution is -0.119. The summed E-state index contributed by atoms with van der Waals surface area (Å²) < 4.78 is 0. The second kappa shape index (κ2) is 7.20. The highest BCUT2D eigenvalue weighted by atomic mass is 35.5. The zero-order chi connectivity index (χ0) is 13.5. The van der Waals surface area contributed by atoms with Crippen LogP contribution in [0.3, 0.4) is 0 Å². The lowest BCUT2D eigenvalue weighted by atomic mass is 10.3. The Bertz CT molecular complexity index is 432. The van der Waals surface area contributed by atoms with Crippen molar-refractivity contribution in [1.29, 1.82) is 0 Å². The van der Waals surface area contributed by atoms with E-state index in [1.807, 2.05) is 0 Å². The molecule has 98 valence electrons. The number of carbonyl (C=O) groups excluding carboxylic acids is 2. The van der Waals surface area contributed by atoms with Gasteiger partial charge in [-0.25, -0.2) is 0 Å². The lowest BCUT2D eigenvalue weighted by Crippen LogP contribution is -2.36. The number of anilines is 1. The zero-order valence-corrected chi connectivity index (χ0v) is 11.2. The Morgan fingerprint density at radius 3 is 2.17 bits per heavy atom. The molecular formula is C11H13Cl2N3O2. The van der Waals surface area contributed by atoms with E-state index in [0.717, 1.165) is 0 Å².